The van der Waals surface area contributed by atoms with E-state index in [9.17, 15) is 9.59 Å². The molecule has 0 saturated carbocycles. The van der Waals surface area contributed by atoms with Crippen LogP contribution >= 0.6 is 11.6 Å². The molecule has 2 amide bonds. The highest BCUT2D eigenvalue weighted by molar-refractivity contribution is 6.32. The zero-order chi connectivity index (χ0) is 20.8. The monoisotopic (exact) mass is 422 g/mol. The fourth-order valence-electron chi connectivity index (χ4n) is 4.19. The Morgan fingerprint density at radius 1 is 1.03 bits per heavy atom. The lowest BCUT2D eigenvalue weighted by Crippen LogP contribution is -2.44. The molecule has 1 aromatic carbocycles. The second-order valence-electron chi connectivity index (χ2n) is 7.73. The third-order valence-electron chi connectivity index (χ3n) is 5.81. The van der Waals surface area contributed by atoms with Crippen molar-refractivity contribution >= 4 is 23.4 Å². The first kappa shape index (κ1) is 21.8. The van der Waals surface area contributed by atoms with E-state index >= 15 is 0 Å². The zero-order valence-corrected chi connectivity index (χ0v) is 18.2. The molecule has 2 heterocycles. The Balaban J connectivity index is 1.62. The minimum absolute atomic E-state index is 0.0237. The van der Waals surface area contributed by atoms with Crippen molar-refractivity contribution < 1.29 is 19.1 Å². The number of benzene rings is 1. The van der Waals surface area contributed by atoms with Gasteiger partial charge in [-0.05, 0) is 44.7 Å². The molecular weight excluding hydrogens is 392 g/mol. The van der Waals surface area contributed by atoms with Gasteiger partial charge in [0.25, 0.3) is 5.91 Å². The van der Waals surface area contributed by atoms with E-state index in [4.69, 9.17) is 21.1 Å². The molecule has 7 heteroatoms. The molecule has 2 fully saturated rings. The molecule has 1 aromatic rings. The third-order valence-corrected chi connectivity index (χ3v) is 6.09. The van der Waals surface area contributed by atoms with Crippen LogP contribution in [0.3, 0.4) is 0 Å². The van der Waals surface area contributed by atoms with Crippen molar-refractivity contribution in [2.24, 2.45) is 5.92 Å². The normalized spacial score (nSPS) is 18.3. The number of ether oxygens (including phenoxy) is 2. The molecule has 0 aromatic heterocycles. The van der Waals surface area contributed by atoms with Crippen molar-refractivity contribution in [3.63, 3.8) is 0 Å². The summed E-state index contributed by atoms with van der Waals surface area (Å²) in [6, 6.07) is 3.31. The highest BCUT2D eigenvalue weighted by Gasteiger charge is 2.31. The first-order valence-corrected chi connectivity index (χ1v) is 11.0. The molecular formula is C22H31ClN2O4. The Kier molecular flexibility index (Phi) is 7.64. The van der Waals surface area contributed by atoms with E-state index in [-0.39, 0.29) is 17.7 Å². The summed E-state index contributed by atoms with van der Waals surface area (Å²) >= 11 is 6.31. The summed E-state index contributed by atoms with van der Waals surface area (Å²) in [5.74, 6) is 1.11. The average Bonchev–Trinajstić information content (AvgIpc) is 3.03. The Labute approximate surface area is 178 Å². The number of hydrogen-bond acceptors (Lipinski definition) is 4. The van der Waals surface area contributed by atoms with Crippen LogP contribution in [-0.2, 0) is 4.79 Å². The molecule has 0 N–H and O–H groups in total. The molecule has 2 saturated heterocycles. The van der Waals surface area contributed by atoms with Gasteiger partial charge >= 0.3 is 0 Å². The molecule has 2 aliphatic heterocycles. The quantitative estimate of drug-likeness (QED) is 0.719. The number of rotatable bonds is 5. The van der Waals surface area contributed by atoms with Crippen molar-refractivity contribution in [3.8, 4) is 11.5 Å². The van der Waals surface area contributed by atoms with Gasteiger partial charge in [-0.3, -0.25) is 9.59 Å². The lowest BCUT2D eigenvalue weighted by atomic mass is 9.94. The van der Waals surface area contributed by atoms with E-state index in [1.807, 2.05) is 11.8 Å². The molecule has 29 heavy (non-hydrogen) atoms. The van der Waals surface area contributed by atoms with E-state index in [0.29, 0.717) is 54.6 Å². The van der Waals surface area contributed by atoms with Crippen LogP contribution in [-0.4, -0.2) is 61.5 Å². The van der Waals surface area contributed by atoms with Crippen molar-refractivity contribution in [2.75, 3.05) is 39.9 Å². The van der Waals surface area contributed by atoms with Crippen molar-refractivity contribution in [1.29, 1.82) is 0 Å². The third kappa shape index (κ3) is 5.16. The summed E-state index contributed by atoms with van der Waals surface area (Å²) in [7, 11) is 1.53. The number of carbonyl (C=O) groups is 2. The van der Waals surface area contributed by atoms with Crippen LogP contribution in [0.5, 0.6) is 11.5 Å². The van der Waals surface area contributed by atoms with Gasteiger partial charge in [-0.25, -0.2) is 0 Å². The average molecular weight is 423 g/mol. The first-order valence-electron chi connectivity index (χ1n) is 10.6. The molecule has 3 rings (SSSR count). The fourth-order valence-corrected chi connectivity index (χ4v) is 4.45. The first-order chi connectivity index (χ1) is 14.0. The summed E-state index contributed by atoms with van der Waals surface area (Å²) in [5, 5.41) is 0.362. The van der Waals surface area contributed by atoms with Crippen LogP contribution in [0.4, 0.5) is 0 Å². The molecule has 0 unspecified atom stereocenters. The summed E-state index contributed by atoms with van der Waals surface area (Å²) in [6.45, 7) is 5.24. The highest BCUT2D eigenvalue weighted by atomic mass is 35.5. The van der Waals surface area contributed by atoms with Crippen molar-refractivity contribution in [2.45, 2.75) is 45.4 Å². The van der Waals surface area contributed by atoms with Gasteiger partial charge in [-0.15, -0.1) is 0 Å². The lowest BCUT2D eigenvalue weighted by Gasteiger charge is -2.34. The predicted molar refractivity (Wildman–Crippen MR) is 113 cm³/mol. The molecule has 0 spiro atoms. The Morgan fingerprint density at radius 3 is 2.28 bits per heavy atom. The number of methoxy groups -OCH3 is 1. The summed E-state index contributed by atoms with van der Waals surface area (Å²) in [4.78, 5) is 29.7. The zero-order valence-electron chi connectivity index (χ0n) is 17.4. The maximum Gasteiger partial charge on any atom is 0.254 e. The SMILES string of the molecule is CCOc1c(Cl)cc(C(=O)N2CCC(C(=O)N3CCCCCC3)CC2)cc1OC. The predicted octanol–water partition coefficient (Wildman–Crippen LogP) is 4.00. The molecule has 0 atom stereocenters. The van der Waals surface area contributed by atoms with Crippen LogP contribution in [0.1, 0.15) is 55.8 Å². The van der Waals surface area contributed by atoms with E-state index in [1.165, 1.54) is 20.0 Å². The van der Waals surface area contributed by atoms with Gasteiger partial charge in [0.1, 0.15) is 0 Å². The molecule has 0 aliphatic carbocycles. The van der Waals surface area contributed by atoms with Gasteiger partial charge in [0.05, 0.1) is 18.7 Å². The number of piperidine rings is 1. The summed E-state index contributed by atoms with van der Waals surface area (Å²) < 4.78 is 10.9. The number of amides is 2. The van der Waals surface area contributed by atoms with Gasteiger partial charge in [0.2, 0.25) is 5.91 Å². The van der Waals surface area contributed by atoms with Crippen LogP contribution < -0.4 is 9.47 Å². The highest BCUT2D eigenvalue weighted by Crippen LogP contribution is 2.37. The minimum atomic E-state index is -0.0890. The van der Waals surface area contributed by atoms with E-state index in [1.54, 1.807) is 17.0 Å². The number of halogens is 1. The number of hydrogen-bond donors (Lipinski definition) is 0. The smallest absolute Gasteiger partial charge is 0.254 e. The Bertz CT molecular complexity index is 724. The second-order valence-corrected chi connectivity index (χ2v) is 8.14. The standard InChI is InChI=1S/C22H31ClN2O4/c1-3-29-20-18(23)14-17(15-19(20)28-2)22(27)25-12-8-16(9-13-25)21(26)24-10-6-4-5-7-11-24/h14-16H,3-13H2,1-2H3. The maximum absolute atomic E-state index is 13.0. The Morgan fingerprint density at radius 2 is 1.69 bits per heavy atom. The van der Waals surface area contributed by atoms with Crippen LogP contribution in [0.25, 0.3) is 0 Å². The van der Waals surface area contributed by atoms with Crippen LogP contribution in [0, 0.1) is 5.92 Å². The van der Waals surface area contributed by atoms with E-state index in [2.05, 4.69) is 0 Å². The largest absolute Gasteiger partial charge is 0.493 e. The lowest BCUT2D eigenvalue weighted by molar-refractivity contribution is -0.136. The Hall–Kier alpha value is -1.95. The van der Waals surface area contributed by atoms with Gasteiger partial charge in [-0.1, -0.05) is 24.4 Å². The van der Waals surface area contributed by atoms with Gasteiger partial charge in [0.15, 0.2) is 11.5 Å². The topological polar surface area (TPSA) is 59.1 Å². The second kappa shape index (κ2) is 10.2. The maximum atomic E-state index is 13.0. The minimum Gasteiger partial charge on any atom is -0.493 e. The molecule has 2 aliphatic rings. The molecule has 6 nitrogen and oxygen atoms in total. The van der Waals surface area contributed by atoms with Crippen LogP contribution in [0.2, 0.25) is 5.02 Å². The molecule has 160 valence electrons. The summed E-state index contributed by atoms with van der Waals surface area (Å²) in [6.07, 6.45) is 6.05. The van der Waals surface area contributed by atoms with Crippen LogP contribution in [0.15, 0.2) is 12.1 Å². The van der Waals surface area contributed by atoms with E-state index in [0.717, 1.165) is 25.9 Å². The molecule has 0 bridgehead atoms. The van der Waals surface area contributed by atoms with Gasteiger partial charge in [-0.2, -0.15) is 0 Å². The fraction of sp³-hybridized carbons (Fsp3) is 0.636. The van der Waals surface area contributed by atoms with Crippen molar-refractivity contribution in [3.05, 3.63) is 22.7 Å². The number of nitrogens with zero attached hydrogens (tertiary/aromatic N) is 2. The summed E-state index contributed by atoms with van der Waals surface area (Å²) in [5.41, 5.74) is 0.479. The van der Waals surface area contributed by atoms with Crippen molar-refractivity contribution in [1.82, 2.24) is 9.80 Å². The van der Waals surface area contributed by atoms with Gasteiger partial charge < -0.3 is 19.3 Å². The van der Waals surface area contributed by atoms with Gasteiger partial charge in [0, 0.05) is 37.7 Å². The number of carbonyl (C=O) groups excluding carboxylic acids is 2. The number of likely N-dealkylation sites (tertiary alicyclic amines) is 2. The molecule has 0 radical (unpaired) electrons. The van der Waals surface area contributed by atoms with E-state index < -0.39 is 0 Å².